The van der Waals surface area contributed by atoms with Gasteiger partial charge in [0.25, 0.3) is 0 Å². The van der Waals surface area contributed by atoms with E-state index in [1.54, 1.807) is 0 Å². The Balaban J connectivity index is 1.54. The zero-order valence-electron chi connectivity index (χ0n) is 10.3. The Morgan fingerprint density at radius 2 is 2.00 bits per heavy atom. The fourth-order valence-electron chi connectivity index (χ4n) is 3.59. The van der Waals surface area contributed by atoms with Crippen molar-refractivity contribution in [1.29, 1.82) is 0 Å². The van der Waals surface area contributed by atoms with E-state index in [0.717, 1.165) is 18.8 Å². The first-order chi connectivity index (χ1) is 8.15. The summed E-state index contributed by atoms with van der Waals surface area (Å²) >= 11 is 0. The fourth-order valence-corrected chi connectivity index (χ4v) is 5.37. The SMILES string of the molecule is O=S1(=O)CCCC1CNC1CCN2CCC1C2. The van der Waals surface area contributed by atoms with Gasteiger partial charge in [-0.2, -0.15) is 0 Å². The highest BCUT2D eigenvalue weighted by atomic mass is 32.2. The van der Waals surface area contributed by atoms with Crippen molar-refractivity contribution in [2.75, 3.05) is 31.9 Å². The molecule has 0 aromatic carbocycles. The summed E-state index contributed by atoms with van der Waals surface area (Å²) < 4.78 is 23.5. The number of hydrogen-bond donors (Lipinski definition) is 1. The first-order valence-electron chi connectivity index (χ1n) is 6.82. The molecule has 98 valence electrons. The highest BCUT2D eigenvalue weighted by Crippen LogP contribution is 2.27. The number of nitrogens with one attached hydrogen (secondary N) is 1. The van der Waals surface area contributed by atoms with Crippen LogP contribution in [0.4, 0.5) is 0 Å². The summed E-state index contributed by atoms with van der Waals surface area (Å²) in [5.41, 5.74) is 0. The Morgan fingerprint density at radius 3 is 2.76 bits per heavy atom. The lowest BCUT2D eigenvalue weighted by atomic mass is 9.94. The average molecular weight is 258 g/mol. The van der Waals surface area contributed by atoms with Gasteiger partial charge in [-0.05, 0) is 44.7 Å². The van der Waals surface area contributed by atoms with Gasteiger partial charge in [-0.15, -0.1) is 0 Å². The molecule has 4 nitrogen and oxygen atoms in total. The molecule has 3 saturated heterocycles. The quantitative estimate of drug-likeness (QED) is 0.788. The normalized spacial score (nSPS) is 44.0. The maximum atomic E-state index is 11.7. The van der Waals surface area contributed by atoms with Gasteiger partial charge in [-0.1, -0.05) is 0 Å². The lowest BCUT2D eigenvalue weighted by molar-refractivity contribution is 0.221. The molecule has 3 rings (SSSR count). The second-order valence-corrected chi connectivity index (χ2v) is 8.18. The Kier molecular flexibility index (Phi) is 3.17. The molecule has 0 saturated carbocycles. The summed E-state index contributed by atoms with van der Waals surface area (Å²) in [6, 6.07) is 0.560. The van der Waals surface area contributed by atoms with Crippen molar-refractivity contribution < 1.29 is 8.42 Å². The largest absolute Gasteiger partial charge is 0.312 e. The second kappa shape index (κ2) is 4.52. The summed E-state index contributed by atoms with van der Waals surface area (Å²) in [7, 11) is -2.77. The molecule has 4 unspecified atom stereocenters. The van der Waals surface area contributed by atoms with Gasteiger partial charge in [0.2, 0.25) is 0 Å². The molecule has 0 amide bonds. The third-order valence-corrected chi connectivity index (χ3v) is 6.98. The van der Waals surface area contributed by atoms with Crippen LogP contribution in [0.1, 0.15) is 25.7 Å². The zero-order chi connectivity index (χ0) is 11.9. The highest BCUT2D eigenvalue weighted by Gasteiger charge is 2.36. The minimum atomic E-state index is -2.77. The molecule has 3 heterocycles. The zero-order valence-corrected chi connectivity index (χ0v) is 11.1. The van der Waals surface area contributed by atoms with Crippen LogP contribution in [0, 0.1) is 5.92 Å². The molecule has 3 fully saturated rings. The standard InChI is InChI=1S/C12H22N2O2S/c15-17(16)7-1-2-11(17)8-13-12-4-6-14-5-3-10(12)9-14/h10-13H,1-9H2. The van der Waals surface area contributed by atoms with Crippen molar-refractivity contribution in [1.82, 2.24) is 10.2 Å². The molecule has 0 aromatic heterocycles. The molecule has 3 aliphatic rings. The molecule has 5 heteroatoms. The van der Waals surface area contributed by atoms with E-state index in [0.29, 0.717) is 18.3 Å². The van der Waals surface area contributed by atoms with Gasteiger partial charge in [-0.25, -0.2) is 8.42 Å². The number of rotatable bonds is 3. The van der Waals surface area contributed by atoms with E-state index >= 15 is 0 Å². The number of piperidine rings is 1. The van der Waals surface area contributed by atoms with Gasteiger partial charge in [0, 0.05) is 19.1 Å². The predicted octanol–water partition coefficient (Wildman–Crippen LogP) is 0.247. The molecule has 2 bridgehead atoms. The minimum absolute atomic E-state index is 0.109. The van der Waals surface area contributed by atoms with E-state index in [-0.39, 0.29) is 5.25 Å². The number of fused-ring (bicyclic) bond motifs is 2. The smallest absolute Gasteiger partial charge is 0.154 e. The van der Waals surface area contributed by atoms with Gasteiger partial charge in [0.05, 0.1) is 11.0 Å². The van der Waals surface area contributed by atoms with E-state index in [1.807, 2.05) is 0 Å². The third kappa shape index (κ3) is 2.37. The van der Waals surface area contributed by atoms with Crippen LogP contribution in [0.25, 0.3) is 0 Å². The van der Waals surface area contributed by atoms with Crippen LogP contribution in [-0.4, -0.2) is 56.5 Å². The molecule has 0 radical (unpaired) electrons. The number of sulfone groups is 1. The van der Waals surface area contributed by atoms with Crippen LogP contribution < -0.4 is 5.32 Å². The number of hydrogen-bond acceptors (Lipinski definition) is 4. The summed E-state index contributed by atoms with van der Waals surface area (Å²) in [6.45, 7) is 4.33. The van der Waals surface area contributed by atoms with E-state index in [1.165, 1.54) is 32.5 Å². The summed E-state index contributed by atoms with van der Waals surface area (Å²) in [5, 5.41) is 3.43. The van der Waals surface area contributed by atoms with Crippen molar-refractivity contribution in [3.8, 4) is 0 Å². The lowest BCUT2D eigenvalue weighted by Gasteiger charge is -2.31. The van der Waals surface area contributed by atoms with Crippen LogP contribution in [0.5, 0.6) is 0 Å². The van der Waals surface area contributed by atoms with Crippen molar-refractivity contribution in [2.45, 2.75) is 37.0 Å². The Labute approximate surface area is 104 Å². The molecular weight excluding hydrogens is 236 g/mol. The van der Waals surface area contributed by atoms with Crippen LogP contribution >= 0.6 is 0 Å². The van der Waals surface area contributed by atoms with Gasteiger partial charge < -0.3 is 10.2 Å². The molecular formula is C12H22N2O2S. The summed E-state index contributed by atoms with van der Waals surface area (Å²) in [4.78, 5) is 2.52. The first-order valence-corrected chi connectivity index (χ1v) is 8.54. The van der Waals surface area contributed by atoms with Gasteiger partial charge in [0.1, 0.15) is 0 Å². The Bertz CT molecular complexity index is 382. The maximum Gasteiger partial charge on any atom is 0.154 e. The van der Waals surface area contributed by atoms with E-state index in [9.17, 15) is 8.42 Å². The van der Waals surface area contributed by atoms with Crippen molar-refractivity contribution in [3.05, 3.63) is 0 Å². The Morgan fingerprint density at radius 1 is 1.18 bits per heavy atom. The second-order valence-electron chi connectivity index (χ2n) is 5.78. The van der Waals surface area contributed by atoms with Crippen molar-refractivity contribution in [2.24, 2.45) is 5.92 Å². The topological polar surface area (TPSA) is 49.4 Å². The third-order valence-electron chi connectivity index (χ3n) is 4.70. The number of nitrogens with zero attached hydrogens (tertiary/aromatic N) is 1. The van der Waals surface area contributed by atoms with E-state index in [4.69, 9.17) is 0 Å². The van der Waals surface area contributed by atoms with E-state index < -0.39 is 9.84 Å². The molecule has 17 heavy (non-hydrogen) atoms. The molecule has 1 N–H and O–H groups in total. The predicted molar refractivity (Wildman–Crippen MR) is 67.8 cm³/mol. The van der Waals surface area contributed by atoms with Gasteiger partial charge in [0.15, 0.2) is 9.84 Å². The fraction of sp³-hybridized carbons (Fsp3) is 1.00. The van der Waals surface area contributed by atoms with Crippen LogP contribution in [0.15, 0.2) is 0 Å². The monoisotopic (exact) mass is 258 g/mol. The molecule has 0 aliphatic carbocycles. The first kappa shape index (κ1) is 11.9. The van der Waals surface area contributed by atoms with Crippen molar-refractivity contribution >= 4 is 9.84 Å². The van der Waals surface area contributed by atoms with Crippen LogP contribution in [0.2, 0.25) is 0 Å². The molecule has 3 aliphatic heterocycles. The summed E-state index contributed by atoms with van der Waals surface area (Å²) in [6.07, 6.45) is 4.20. The van der Waals surface area contributed by atoms with Crippen LogP contribution in [-0.2, 0) is 9.84 Å². The lowest BCUT2D eigenvalue weighted by Crippen LogP contribution is -2.46. The van der Waals surface area contributed by atoms with Gasteiger partial charge >= 0.3 is 0 Å². The Hall–Kier alpha value is -0.130. The molecule has 4 atom stereocenters. The minimum Gasteiger partial charge on any atom is -0.312 e. The van der Waals surface area contributed by atoms with Crippen molar-refractivity contribution in [3.63, 3.8) is 0 Å². The average Bonchev–Trinajstić information content (AvgIpc) is 2.83. The molecule has 0 aromatic rings. The maximum absolute atomic E-state index is 11.7. The van der Waals surface area contributed by atoms with Gasteiger partial charge in [-0.3, -0.25) is 0 Å². The van der Waals surface area contributed by atoms with E-state index in [2.05, 4.69) is 10.2 Å². The summed E-state index contributed by atoms with van der Waals surface area (Å²) in [5.74, 6) is 1.16. The highest BCUT2D eigenvalue weighted by molar-refractivity contribution is 7.92. The molecule has 0 spiro atoms. The van der Waals surface area contributed by atoms with Crippen LogP contribution in [0.3, 0.4) is 0 Å².